The summed E-state index contributed by atoms with van der Waals surface area (Å²) >= 11 is 1.39. The van der Waals surface area contributed by atoms with Gasteiger partial charge >= 0.3 is 0 Å². The quantitative estimate of drug-likeness (QED) is 0.565. The van der Waals surface area contributed by atoms with E-state index in [0.717, 1.165) is 16.1 Å². The van der Waals surface area contributed by atoms with E-state index in [1.165, 1.54) is 25.6 Å². The first-order valence-corrected chi connectivity index (χ1v) is 10.5. The molecular formula is C23H25N3O4S. The lowest BCUT2D eigenvalue weighted by Gasteiger charge is -2.17. The van der Waals surface area contributed by atoms with Crippen molar-refractivity contribution in [2.24, 2.45) is 0 Å². The van der Waals surface area contributed by atoms with Gasteiger partial charge in [0.25, 0.3) is 11.8 Å². The number of thiophene rings is 1. The Labute approximate surface area is 185 Å². The lowest BCUT2D eigenvalue weighted by Crippen LogP contribution is -2.27. The van der Waals surface area contributed by atoms with E-state index in [1.54, 1.807) is 24.4 Å². The van der Waals surface area contributed by atoms with Gasteiger partial charge in [0, 0.05) is 16.6 Å². The number of hydrogen-bond donors (Lipinski definition) is 2. The molecule has 1 atom stereocenters. The molecule has 3 aromatic rings. The molecule has 31 heavy (non-hydrogen) atoms. The van der Waals surface area contributed by atoms with Crippen molar-refractivity contribution >= 4 is 28.8 Å². The second-order valence-corrected chi connectivity index (χ2v) is 8.36. The Bertz CT molecular complexity index is 1110. The minimum absolute atomic E-state index is 0.284. The number of aromatic nitrogens is 1. The summed E-state index contributed by atoms with van der Waals surface area (Å²) in [6.45, 7) is 5.76. The second kappa shape index (κ2) is 9.61. The number of amides is 2. The lowest BCUT2D eigenvalue weighted by atomic mass is 10.1. The maximum atomic E-state index is 12.9. The van der Waals surface area contributed by atoms with Crippen molar-refractivity contribution in [2.45, 2.75) is 26.8 Å². The van der Waals surface area contributed by atoms with Crippen molar-refractivity contribution in [1.29, 1.82) is 0 Å². The van der Waals surface area contributed by atoms with Crippen LogP contribution in [0.2, 0.25) is 0 Å². The molecule has 0 aliphatic rings. The Hall–Kier alpha value is -3.39. The van der Waals surface area contributed by atoms with Crippen LogP contribution in [0.4, 0.5) is 5.69 Å². The number of benzene rings is 1. The van der Waals surface area contributed by atoms with Gasteiger partial charge in [0.2, 0.25) is 0 Å². The molecule has 0 spiro atoms. The Morgan fingerprint density at radius 1 is 1.03 bits per heavy atom. The molecular weight excluding hydrogens is 414 g/mol. The van der Waals surface area contributed by atoms with Crippen LogP contribution in [0.1, 0.15) is 49.1 Å². The Kier molecular flexibility index (Phi) is 6.91. The van der Waals surface area contributed by atoms with E-state index in [4.69, 9.17) is 9.47 Å². The number of anilines is 1. The molecule has 2 amide bonds. The number of nitrogens with zero attached hydrogens (tertiary/aromatic N) is 1. The van der Waals surface area contributed by atoms with Crippen molar-refractivity contribution in [3.63, 3.8) is 0 Å². The Morgan fingerprint density at radius 3 is 2.42 bits per heavy atom. The first-order valence-electron chi connectivity index (χ1n) is 9.69. The third kappa shape index (κ3) is 5.21. The number of hydrogen-bond acceptors (Lipinski definition) is 6. The molecule has 8 heteroatoms. The highest BCUT2D eigenvalue weighted by molar-refractivity contribution is 7.14. The summed E-state index contributed by atoms with van der Waals surface area (Å²) < 4.78 is 10.8. The molecule has 2 heterocycles. The normalized spacial score (nSPS) is 11.5. The van der Waals surface area contributed by atoms with E-state index in [1.807, 2.05) is 39.0 Å². The molecule has 0 aliphatic heterocycles. The first-order chi connectivity index (χ1) is 14.8. The molecule has 0 saturated heterocycles. The summed E-state index contributed by atoms with van der Waals surface area (Å²) in [7, 11) is 2.96. The van der Waals surface area contributed by atoms with Gasteiger partial charge in [-0.3, -0.25) is 14.6 Å². The maximum absolute atomic E-state index is 12.9. The zero-order valence-corrected chi connectivity index (χ0v) is 18.9. The summed E-state index contributed by atoms with van der Waals surface area (Å²) in [6.07, 6.45) is 1.71. The molecule has 3 rings (SSSR count). The molecule has 1 unspecified atom stereocenters. The smallest absolute Gasteiger partial charge is 0.265 e. The number of rotatable bonds is 7. The average Bonchev–Trinajstić information content (AvgIpc) is 3.19. The van der Waals surface area contributed by atoms with Crippen LogP contribution in [-0.2, 0) is 0 Å². The number of methoxy groups -OCH3 is 2. The van der Waals surface area contributed by atoms with Crippen LogP contribution in [0.15, 0.2) is 42.6 Å². The highest BCUT2D eigenvalue weighted by Crippen LogP contribution is 2.37. The summed E-state index contributed by atoms with van der Waals surface area (Å²) in [6, 6.07) is 10.3. The van der Waals surface area contributed by atoms with E-state index >= 15 is 0 Å². The molecule has 2 N–H and O–H groups in total. The van der Waals surface area contributed by atoms with Gasteiger partial charge < -0.3 is 20.1 Å². The van der Waals surface area contributed by atoms with Crippen LogP contribution in [0.5, 0.6) is 11.5 Å². The fourth-order valence-corrected chi connectivity index (χ4v) is 3.84. The Morgan fingerprint density at radius 2 is 1.81 bits per heavy atom. The molecule has 0 aliphatic carbocycles. The summed E-state index contributed by atoms with van der Waals surface area (Å²) in [5.41, 5.74) is 2.50. The third-order valence-electron chi connectivity index (χ3n) is 4.68. The topological polar surface area (TPSA) is 89.5 Å². The van der Waals surface area contributed by atoms with Gasteiger partial charge in [-0.1, -0.05) is 0 Å². The summed E-state index contributed by atoms with van der Waals surface area (Å²) in [5, 5.41) is 5.76. The fraction of sp³-hybridized carbons (Fsp3) is 0.261. The SMILES string of the molecule is COc1cc(C(=O)NC(C)c2cc(C)ccn2)cc(NC(=O)c2ccc(C)s2)c1OC. The van der Waals surface area contributed by atoms with Gasteiger partial charge in [-0.15, -0.1) is 11.3 Å². The predicted molar refractivity (Wildman–Crippen MR) is 121 cm³/mol. The number of carbonyl (C=O) groups is 2. The molecule has 2 aromatic heterocycles. The van der Waals surface area contributed by atoms with Gasteiger partial charge in [0.15, 0.2) is 11.5 Å². The maximum Gasteiger partial charge on any atom is 0.265 e. The highest BCUT2D eigenvalue weighted by atomic mass is 32.1. The van der Waals surface area contributed by atoms with E-state index < -0.39 is 0 Å². The molecule has 1 aromatic carbocycles. The zero-order valence-electron chi connectivity index (χ0n) is 18.1. The van der Waals surface area contributed by atoms with Crippen LogP contribution >= 0.6 is 11.3 Å². The largest absolute Gasteiger partial charge is 0.493 e. The van der Waals surface area contributed by atoms with E-state index in [9.17, 15) is 9.59 Å². The van der Waals surface area contributed by atoms with Gasteiger partial charge in [-0.25, -0.2) is 0 Å². The highest BCUT2D eigenvalue weighted by Gasteiger charge is 2.20. The van der Waals surface area contributed by atoms with E-state index in [-0.39, 0.29) is 17.9 Å². The van der Waals surface area contributed by atoms with Crippen molar-refractivity contribution in [3.8, 4) is 11.5 Å². The molecule has 0 fully saturated rings. The Balaban J connectivity index is 1.88. The van der Waals surface area contributed by atoms with Crippen LogP contribution in [0, 0.1) is 13.8 Å². The molecule has 0 bridgehead atoms. The van der Waals surface area contributed by atoms with E-state index in [2.05, 4.69) is 15.6 Å². The van der Waals surface area contributed by atoms with Crippen molar-refractivity contribution in [3.05, 3.63) is 69.2 Å². The van der Waals surface area contributed by atoms with Gasteiger partial charge in [0.1, 0.15) is 0 Å². The van der Waals surface area contributed by atoms with Crippen LogP contribution < -0.4 is 20.1 Å². The van der Waals surface area contributed by atoms with Crippen LogP contribution in [0.3, 0.4) is 0 Å². The molecule has 7 nitrogen and oxygen atoms in total. The number of carbonyl (C=O) groups excluding carboxylic acids is 2. The standard InChI is InChI=1S/C23H25N3O4S/c1-13-8-9-24-17(10-13)15(3)25-22(27)16-11-18(21(30-5)19(12-16)29-4)26-23(28)20-7-6-14(2)31-20/h6-12,15H,1-5H3,(H,25,27)(H,26,28). The molecule has 162 valence electrons. The van der Waals surface area contributed by atoms with Crippen molar-refractivity contribution in [2.75, 3.05) is 19.5 Å². The van der Waals surface area contributed by atoms with Gasteiger partial charge in [-0.05, 0) is 62.7 Å². The summed E-state index contributed by atoms with van der Waals surface area (Å²) in [5.74, 6) is 0.0794. The van der Waals surface area contributed by atoms with Gasteiger partial charge in [0.05, 0.1) is 36.5 Å². The van der Waals surface area contributed by atoms with E-state index in [0.29, 0.717) is 27.6 Å². The predicted octanol–water partition coefficient (Wildman–Crippen LogP) is 4.52. The van der Waals surface area contributed by atoms with Crippen LogP contribution in [-0.4, -0.2) is 31.0 Å². The lowest BCUT2D eigenvalue weighted by molar-refractivity contribution is 0.0937. The van der Waals surface area contributed by atoms with Crippen molar-refractivity contribution < 1.29 is 19.1 Å². The number of aryl methyl sites for hydroxylation is 2. The monoisotopic (exact) mass is 439 g/mol. The number of nitrogens with one attached hydrogen (secondary N) is 2. The van der Waals surface area contributed by atoms with Crippen molar-refractivity contribution in [1.82, 2.24) is 10.3 Å². The number of pyridine rings is 1. The fourth-order valence-electron chi connectivity index (χ4n) is 3.08. The minimum Gasteiger partial charge on any atom is -0.493 e. The second-order valence-electron chi connectivity index (χ2n) is 7.08. The third-order valence-corrected chi connectivity index (χ3v) is 5.68. The summed E-state index contributed by atoms with van der Waals surface area (Å²) in [4.78, 5) is 31.5. The first kappa shape index (κ1) is 22.3. The number of ether oxygens (including phenoxy) is 2. The van der Waals surface area contributed by atoms with Gasteiger partial charge in [-0.2, -0.15) is 0 Å². The molecule has 0 radical (unpaired) electrons. The average molecular weight is 440 g/mol. The minimum atomic E-state index is -0.320. The zero-order chi connectivity index (χ0) is 22.5. The molecule has 0 saturated carbocycles. The van der Waals surface area contributed by atoms with Crippen LogP contribution in [0.25, 0.3) is 0 Å².